The molecule has 19 heavy (non-hydrogen) atoms. The second-order valence-corrected chi connectivity index (χ2v) is 4.88. The molecule has 0 aliphatic heterocycles. The van der Waals surface area contributed by atoms with Crippen LogP contribution in [0.4, 0.5) is 4.39 Å². The molecule has 0 spiro atoms. The maximum absolute atomic E-state index is 13.8. The molecule has 0 heterocycles. The molecule has 0 aliphatic rings. The smallest absolute Gasteiger partial charge is 0.130 e. The summed E-state index contributed by atoms with van der Waals surface area (Å²) in [5.74, 6) is 0.0745. The van der Waals surface area contributed by atoms with Gasteiger partial charge in [-0.1, -0.05) is 34.1 Å². The minimum Gasteiger partial charge on any atom is -0.489 e. The van der Waals surface area contributed by atoms with E-state index in [-0.39, 0.29) is 12.4 Å². The molecule has 3 nitrogen and oxygen atoms in total. The number of nitrogens with one attached hydrogen (secondary N) is 1. The molecule has 0 unspecified atom stereocenters. The van der Waals surface area contributed by atoms with Gasteiger partial charge >= 0.3 is 0 Å². The lowest BCUT2D eigenvalue weighted by atomic mass is 10.1. The van der Waals surface area contributed by atoms with Crippen molar-refractivity contribution in [2.45, 2.75) is 6.61 Å². The normalized spacial score (nSPS) is 10.2. The lowest BCUT2D eigenvalue weighted by Gasteiger charge is -2.08. The molecule has 0 aliphatic carbocycles. The summed E-state index contributed by atoms with van der Waals surface area (Å²) in [6.45, 7) is 0.125. The quantitative estimate of drug-likeness (QED) is 0.669. The molecule has 5 heteroatoms. The van der Waals surface area contributed by atoms with Gasteiger partial charge in [0.15, 0.2) is 0 Å². The van der Waals surface area contributed by atoms with Gasteiger partial charge < -0.3 is 10.5 Å². The van der Waals surface area contributed by atoms with Crippen molar-refractivity contribution in [2.75, 3.05) is 0 Å². The van der Waals surface area contributed by atoms with Crippen LogP contribution in [0.2, 0.25) is 0 Å². The van der Waals surface area contributed by atoms with Crippen molar-refractivity contribution < 1.29 is 9.13 Å². The molecule has 0 saturated heterocycles. The summed E-state index contributed by atoms with van der Waals surface area (Å²) in [7, 11) is 0. The van der Waals surface area contributed by atoms with E-state index in [1.54, 1.807) is 18.2 Å². The molecule has 98 valence electrons. The van der Waals surface area contributed by atoms with Crippen LogP contribution in [-0.2, 0) is 6.61 Å². The van der Waals surface area contributed by atoms with E-state index in [4.69, 9.17) is 15.9 Å². The summed E-state index contributed by atoms with van der Waals surface area (Å²) in [5, 5.41) is 7.24. The Balaban J connectivity index is 2.10. The molecule has 0 saturated carbocycles. The van der Waals surface area contributed by atoms with Gasteiger partial charge in [0.1, 0.15) is 24.0 Å². The third kappa shape index (κ3) is 3.54. The van der Waals surface area contributed by atoms with Crippen molar-refractivity contribution in [3.8, 4) is 5.75 Å². The fourth-order valence-corrected chi connectivity index (χ4v) is 1.93. The predicted octanol–water partition coefficient (Wildman–Crippen LogP) is 3.45. The first kappa shape index (κ1) is 13.5. The number of ether oxygens (including phenoxy) is 1. The SMILES string of the molecule is N=C(N)c1ccc(COc2cccc(Br)c2)c(F)c1. The van der Waals surface area contributed by atoms with Crippen molar-refractivity contribution in [2.24, 2.45) is 5.73 Å². The summed E-state index contributed by atoms with van der Waals surface area (Å²) in [4.78, 5) is 0. The Morgan fingerprint density at radius 2 is 2.05 bits per heavy atom. The molecule has 0 amide bonds. The highest BCUT2D eigenvalue weighted by Gasteiger charge is 2.06. The number of rotatable bonds is 4. The Labute approximate surface area is 118 Å². The van der Waals surface area contributed by atoms with E-state index in [0.717, 1.165) is 4.47 Å². The van der Waals surface area contributed by atoms with E-state index in [1.807, 2.05) is 18.2 Å². The Morgan fingerprint density at radius 3 is 2.68 bits per heavy atom. The monoisotopic (exact) mass is 322 g/mol. The van der Waals surface area contributed by atoms with Crippen LogP contribution in [0, 0.1) is 11.2 Å². The lowest BCUT2D eigenvalue weighted by molar-refractivity contribution is 0.299. The van der Waals surface area contributed by atoms with Gasteiger partial charge in [-0.15, -0.1) is 0 Å². The lowest BCUT2D eigenvalue weighted by Crippen LogP contribution is -2.12. The highest BCUT2D eigenvalue weighted by molar-refractivity contribution is 9.10. The molecule has 0 fully saturated rings. The zero-order valence-electron chi connectivity index (χ0n) is 9.99. The van der Waals surface area contributed by atoms with Crippen LogP contribution in [-0.4, -0.2) is 5.84 Å². The van der Waals surface area contributed by atoms with E-state index in [2.05, 4.69) is 15.9 Å². The number of halogens is 2. The van der Waals surface area contributed by atoms with Gasteiger partial charge in [-0.2, -0.15) is 0 Å². The molecule has 2 aromatic carbocycles. The number of amidine groups is 1. The molecule has 3 N–H and O–H groups in total. The molecule has 0 bridgehead atoms. The van der Waals surface area contributed by atoms with Crippen LogP contribution >= 0.6 is 15.9 Å². The number of benzene rings is 2. The van der Waals surface area contributed by atoms with E-state index in [0.29, 0.717) is 16.9 Å². The standard InChI is InChI=1S/C14H12BrFN2O/c15-11-2-1-3-12(7-11)19-8-10-5-4-9(14(17)18)6-13(10)16/h1-7H,8H2,(H3,17,18). The van der Waals surface area contributed by atoms with Gasteiger partial charge in [-0.05, 0) is 24.3 Å². The van der Waals surface area contributed by atoms with E-state index >= 15 is 0 Å². The first-order valence-corrected chi connectivity index (χ1v) is 6.37. The second kappa shape index (κ2) is 5.84. The van der Waals surface area contributed by atoms with Crippen LogP contribution in [0.1, 0.15) is 11.1 Å². The van der Waals surface area contributed by atoms with Crippen LogP contribution in [0.25, 0.3) is 0 Å². The summed E-state index contributed by atoms with van der Waals surface area (Å²) in [5.41, 5.74) is 6.08. The van der Waals surface area contributed by atoms with Crippen molar-refractivity contribution in [3.05, 3.63) is 63.9 Å². The highest BCUT2D eigenvalue weighted by atomic mass is 79.9. The Kier molecular flexibility index (Phi) is 4.16. The fourth-order valence-electron chi connectivity index (χ4n) is 1.55. The van der Waals surface area contributed by atoms with Crippen molar-refractivity contribution in [1.82, 2.24) is 0 Å². The Bertz CT molecular complexity index is 616. The number of nitrogen functional groups attached to an aromatic ring is 1. The topological polar surface area (TPSA) is 59.1 Å². The first-order valence-electron chi connectivity index (χ1n) is 5.57. The van der Waals surface area contributed by atoms with Crippen molar-refractivity contribution >= 4 is 21.8 Å². The minimum atomic E-state index is -0.428. The van der Waals surface area contributed by atoms with Gasteiger partial charge in [0, 0.05) is 15.6 Å². The molecular weight excluding hydrogens is 311 g/mol. The van der Waals surface area contributed by atoms with E-state index < -0.39 is 5.82 Å². The maximum Gasteiger partial charge on any atom is 0.130 e. The number of nitrogens with two attached hydrogens (primary N) is 1. The van der Waals surface area contributed by atoms with Gasteiger partial charge in [0.25, 0.3) is 0 Å². The summed E-state index contributed by atoms with van der Waals surface area (Å²) >= 11 is 3.34. The largest absolute Gasteiger partial charge is 0.489 e. The van der Waals surface area contributed by atoms with Crippen LogP contribution in [0.5, 0.6) is 5.75 Å². The maximum atomic E-state index is 13.8. The van der Waals surface area contributed by atoms with Gasteiger partial charge in [-0.3, -0.25) is 5.41 Å². The van der Waals surface area contributed by atoms with E-state index in [9.17, 15) is 4.39 Å². The molecule has 0 radical (unpaired) electrons. The average Bonchev–Trinajstić information content (AvgIpc) is 2.37. The van der Waals surface area contributed by atoms with Crippen molar-refractivity contribution in [3.63, 3.8) is 0 Å². The fraction of sp³-hybridized carbons (Fsp3) is 0.0714. The zero-order valence-corrected chi connectivity index (χ0v) is 11.6. The van der Waals surface area contributed by atoms with Gasteiger partial charge in [-0.25, -0.2) is 4.39 Å². The molecule has 0 atom stereocenters. The van der Waals surface area contributed by atoms with Crippen molar-refractivity contribution in [1.29, 1.82) is 5.41 Å². The molecule has 0 aromatic heterocycles. The van der Waals surface area contributed by atoms with Crippen LogP contribution in [0.15, 0.2) is 46.9 Å². The van der Waals surface area contributed by atoms with E-state index in [1.165, 1.54) is 6.07 Å². The summed E-state index contributed by atoms with van der Waals surface area (Å²) < 4.78 is 20.2. The predicted molar refractivity (Wildman–Crippen MR) is 75.9 cm³/mol. The zero-order chi connectivity index (χ0) is 13.8. The average molecular weight is 323 g/mol. The summed E-state index contributed by atoms with van der Waals surface area (Å²) in [6.07, 6.45) is 0. The van der Waals surface area contributed by atoms with Crippen LogP contribution < -0.4 is 10.5 Å². The van der Waals surface area contributed by atoms with Crippen LogP contribution in [0.3, 0.4) is 0 Å². The number of hydrogen-bond acceptors (Lipinski definition) is 2. The summed E-state index contributed by atoms with van der Waals surface area (Å²) in [6, 6.07) is 11.7. The third-order valence-corrected chi connectivity index (χ3v) is 3.05. The second-order valence-electron chi connectivity index (χ2n) is 3.97. The number of hydrogen-bond donors (Lipinski definition) is 2. The molecule has 2 rings (SSSR count). The Morgan fingerprint density at radius 1 is 1.26 bits per heavy atom. The highest BCUT2D eigenvalue weighted by Crippen LogP contribution is 2.19. The third-order valence-electron chi connectivity index (χ3n) is 2.55. The molecule has 2 aromatic rings. The van der Waals surface area contributed by atoms with Gasteiger partial charge in [0.2, 0.25) is 0 Å². The molecular formula is C14H12BrFN2O. The Hall–Kier alpha value is -1.88. The minimum absolute atomic E-state index is 0.125. The van der Waals surface area contributed by atoms with Gasteiger partial charge in [0.05, 0.1) is 0 Å². The first-order chi connectivity index (χ1) is 9.06.